The average Bonchev–Trinajstić information content (AvgIpc) is 3.19. The maximum Gasteiger partial charge on any atom is 0.329 e. The lowest BCUT2D eigenvalue weighted by Crippen LogP contribution is -2.41. The van der Waals surface area contributed by atoms with Crippen LogP contribution in [-0.4, -0.2) is 44.4 Å². The van der Waals surface area contributed by atoms with Crippen molar-refractivity contribution >= 4 is 28.8 Å². The molecule has 0 spiro atoms. The van der Waals surface area contributed by atoms with E-state index >= 15 is 0 Å². The van der Waals surface area contributed by atoms with Gasteiger partial charge in [-0.05, 0) is 29.7 Å². The van der Waals surface area contributed by atoms with E-state index in [9.17, 15) is 9.59 Å². The molecule has 1 saturated heterocycles. The first-order chi connectivity index (χ1) is 12.7. The molecule has 26 heavy (non-hydrogen) atoms. The molecule has 3 rings (SSSR count). The van der Waals surface area contributed by atoms with Crippen molar-refractivity contribution in [1.29, 1.82) is 0 Å². The third kappa shape index (κ3) is 4.18. The fourth-order valence-corrected chi connectivity index (χ4v) is 2.89. The fourth-order valence-electron chi connectivity index (χ4n) is 2.89. The maximum atomic E-state index is 11.8. The zero-order chi connectivity index (χ0) is 18.4. The predicted octanol–water partition coefficient (Wildman–Crippen LogP) is 1.59. The summed E-state index contributed by atoms with van der Waals surface area (Å²) in [7, 11) is 1.57. The summed E-state index contributed by atoms with van der Waals surface area (Å²) in [6.07, 6.45) is 3.33. The number of amides is 2. The van der Waals surface area contributed by atoms with Crippen LogP contribution in [0.3, 0.4) is 0 Å². The molecular formula is C19H21N3O4. The minimum absolute atomic E-state index is 0.0183. The van der Waals surface area contributed by atoms with Crippen LogP contribution in [-0.2, 0) is 14.3 Å². The molecule has 7 heteroatoms. The molecular weight excluding hydrogens is 334 g/mol. The monoisotopic (exact) mass is 355 g/mol. The normalized spacial score (nSPS) is 16.7. The third-order valence-corrected chi connectivity index (χ3v) is 4.23. The quantitative estimate of drug-likeness (QED) is 0.484. The van der Waals surface area contributed by atoms with Crippen molar-refractivity contribution in [3.63, 3.8) is 0 Å². The van der Waals surface area contributed by atoms with Gasteiger partial charge in [-0.2, -0.15) is 5.10 Å². The Morgan fingerprint density at radius 2 is 2.12 bits per heavy atom. The molecule has 2 aromatic carbocycles. The van der Waals surface area contributed by atoms with E-state index in [1.54, 1.807) is 7.11 Å². The van der Waals surface area contributed by atoms with E-state index in [0.29, 0.717) is 18.9 Å². The summed E-state index contributed by atoms with van der Waals surface area (Å²) in [6, 6.07) is 11.5. The number of carbonyl (C=O) groups is 2. The molecule has 1 aliphatic rings. The largest absolute Gasteiger partial charge is 0.496 e. The number of ether oxygens (including phenoxy) is 2. The lowest BCUT2D eigenvalue weighted by atomic mass is 10.0. The highest BCUT2D eigenvalue weighted by molar-refractivity contribution is 6.35. The highest BCUT2D eigenvalue weighted by atomic mass is 16.5. The molecule has 1 atom stereocenters. The lowest BCUT2D eigenvalue weighted by Gasteiger charge is -2.10. The molecule has 136 valence electrons. The third-order valence-electron chi connectivity index (χ3n) is 4.23. The molecule has 7 nitrogen and oxygen atoms in total. The van der Waals surface area contributed by atoms with Gasteiger partial charge in [-0.3, -0.25) is 9.59 Å². The van der Waals surface area contributed by atoms with Gasteiger partial charge in [0.1, 0.15) is 5.75 Å². The van der Waals surface area contributed by atoms with Crippen LogP contribution >= 0.6 is 0 Å². The summed E-state index contributed by atoms with van der Waals surface area (Å²) < 4.78 is 10.8. The van der Waals surface area contributed by atoms with E-state index < -0.39 is 11.8 Å². The van der Waals surface area contributed by atoms with E-state index in [0.717, 1.165) is 29.2 Å². The Bertz CT molecular complexity index is 829. The lowest BCUT2D eigenvalue weighted by molar-refractivity contribution is -0.139. The van der Waals surface area contributed by atoms with Gasteiger partial charge in [0, 0.05) is 18.7 Å². The Labute approximate surface area is 151 Å². The Balaban J connectivity index is 1.63. The second-order valence-corrected chi connectivity index (χ2v) is 5.95. The van der Waals surface area contributed by atoms with Crippen molar-refractivity contribution in [3.8, 4) is 5.75 Å². The number of benzene rings is 2. The Morgan fingerprint density at radius 1 is 1.27 bits per heavy atom. The summed E-state index contributed by atoms with van der Waals surface area (Å²) in [4.78, 5) is 23.6. The summed E-state index contributed by atoms with van der Waals surface area (Å²) in [5.41, 5.74) is 2.97. The van der Waals surface area contributed by atoms with Crippen molar-refractivity contribution in [2.24, 2.45) is 5.10 Å². The second kappa shape index (κ2) is 8.44. The smallest absolute Gasteiger partial charge is 0.329 e. The van der Waals surface area contributed by atoms with Crippen LogP contribution in [0.5, 0.6) is 5.75 Å². The van der Waals surface area contributed by atoms with Crippen LogP contribution in [0.1, 0.15) is 18.4 Å². The van der Waals surface area contributed by atoms with Gasteiger partial charge in [-0.15, -0.1) is 0 Å². The van der Waals surface area contributed by atoms with Gasteiger partial charge in [-0.1, -0.05) is 30.3 Å². The van der Waals surface area contributed by atoms with Crippen molar-refractivity contribution < 1.29 is 19.1 Å². The van der Waals surface area contributed by atoms with Gasteiger partial charge >= 0.3 is 11.8 Å². The van der Waals surface area contributed by atoms with E-state index in [2.05, 4.69) is 15.8 Å². The molecule has 0 aromatic heterocycles. The van der Waals surface area contributed by atoms with Crippen molar-refractivity contribution in [2.75, 3.05) is 20.3 Å². The fraction of sp³-hybridized carbons (Fsp3) is 0.316. The molecule has 0 radical (unpaired) electrons. The molecule has 0 bridgehead atoms. The molecule has 1 heterocycles. The zero-order valence-electron chi connectivity index (χ0n) is 14.5. The van der Waals surface area contributed by atoms with Gasteiger partial charge in [-0.25, -0.2) is 5.43 Å². The number of nitrogens with zero attached hydrogens (tertiary/aromatic N) is 1. The second-order valence-electron chi connectivity index (χ2n) is 5.95. The van der Waals surface area contributed by atoms with Crippen LogP contribution < -0.4 is 15.5 Å². The van der Waals surface area contributed by atoms with Crippen molar-refractivity contribution in [2.45, 2.75) is 18.9 Å². The zero-order valence-corrected chi connectivity index (χ0v) is 14.5. The molecule has 2 amide bonds. The number of hydrazone groups is 1. The summed E-state index contributed by atoms with van der Waals surface area (Å²) in [6.45, 7) is 1.02. The van der Waals surface area contributed by atoms with Crippen LogP contribution in [0.25, 0.3) is 10.8 Å². The first kappa shape index (κ1) is 17.9. The molecule has 2 N–H and O–H groups in total. The topological polar surface area (TPSA) is 89.0 Å². The highest BCUT2D eigenvalue weighted by Gasteiger charge is 2.19. The van der Waals surface area contributed by atoms with Crippen molar-refractivity contribution in [3.05, 3.63) is 42.0 Å². The van der Waals surface area contributed by atoms with Crippen LogP contribution in [0.2, 0.25) is 0 Å². The molecule has 2 aromatic rings. The Morgan fingerprint density at radius 3 is 2.88 bits per heavy atom. The highest BCUT2D eigenvalue weighted by Crippen LogP contribution is 2.26. The number of rotatable bonds is 5. The minimum Gasteiger partial charge on any atom is -0.496 e. The number of carbonyl (C=O) groups excluding carboxylic acids is 2. The first-order valence-corrected chi connectivity index (χ1v) is 8.47. The van der Waals surface area contributed by atoms with Gasteiger partial charge in [0.05, 0.1) is 19.4 Å². The van der Waals surface area contributed by atoms with Crippen LogP contribution in [0.15, 0.2) is 41.5 Å². The first-order valence-electron chi connectivity index (χ1n) is 8.47. The summed E-state index contributed by atoms with van der Waals surface area (Å²) in [5.74, 6) is -0.925. The van der Waals surface area contributed by atoms with E-state index in [-0.39, 0.29) is 6.10 Å². The Hall–Kier alpha value is -2.93. The van der Waals surface area contributed by atoms with Gasteiger partial charge in [0.25, 0.3) is 0 Å². The SMILES string of the molecule is COc1ccc2ccccc2c1/C=N\NC(=O)C(=O)NC[C@@H]1CCCO1. The molecule has 0 unspecified atom stereocenters. The summed E-state index contributed by atoms with van der Waals surface area (Å²) >= 11 is 0. The predicted molar refractivity (Wildman–Crippen MR) is 98.2 cm³/mol. The summed E-state index contributed by atoms with van der Waals surface area (Å²) in [5, 5.41) is 8.42. The van der Waals surface area contributed by atoms with Gasteiger partial charge < -0.3 is 14.8 Å². The van der Waals surface area contributed by atoms with Crippen LogP contribution in [0, 0.1) is 0 Å². The van der Waals surface area contributed by atoms with Gasteiger partial charge in [0.15, 0.2) is 0 Å². The van der Waals surface area contributed by atoms with Crippen molar-refractivity contribution in [1.82, 2.24) is 10.7 Å². The molecule has 0 aliphatic carbocycles. The number of hydrogen-bond acceptors (Lipinski definition) is 5. The number of fused-ring (bicyclic) bond motifs is 1. The minimum atomic E-state index is -0.821. The van der Waals surface area contributed by atoms with Gasteiger partial charge in [0.2, 0.25) is 0 Å². The molecule has 1 aliphatic heterocycles. The van der Waals surface area contributed by atoms with Crippen LogP contribution in [0.4, 0.5) is 0 Å². The number of nitrogens with one attached hydrogen (secondary N) is 2. The maximum absolute atomic E-state index is 11.8. The standard InChI is InChI=1S/C19H21N3O4/c1-25-17-9-8-13-5-2-3-7-15(13)16(17)12-21-22-19(24)18(23)20-11-14-6-4-10-26-14/h2-3,5,7-9,12,14H,4,6,10-11H2,1H3,(H,20,23)(H,22,24)/b21-12-/t14-/m0/s1. The van der Waals surface area contributed by atoms with E-state index in [1.807, 2.05) is 36.4 Å². The molecule has 1 fully saturated rings. The number of hydrogen-bond donors (Lipinski definition) is 2. The number of methoxy groups -OCH3 is 1. The van der Waals surface area contributed by atoms with E-state index in [4.69, 9.17) is 9.47 Å². The molecule has 0 saturated carbocycles. The Kier molecular flexibility index (Phi) is 5.80. The van der Waals surface area contributed by atoms with E-state index in [1.165, 1.54) is 6.21 Å². The average molecular weight is 355 g/mol.